The Balaban J connectivity index is 1.86. The molecule has 26 heavy (non-hydrogen) atoms. The molecule has 0 spiro atoms. The van der Waals surface area contributed by atoms with Crippen LogP contribution in [0.1, 0.15) is 25.7 Å². The fourth-order valence-electron chi connectivity index (χ4n) is 3.17. The summed E-state index contributed by atoms with van der Waals surface area (Å²) in [6.45, 7) is 1.03. The molecule has 1 fully saturated rings. The van der Waals surface area contributed by atoms with E-state index in [2.05, 4.69) is 10.6 Å². The number of hydrogen-bond donors (Lipinski definition) is 2. The number of anilines is 1. The second-order valence-corrected chi connectivity index (χ2v) is 6.39. The molecule has 0 aromatic heterocycles. The average molecular weight is 364 g/mol. The van der Waals surface area contributed by atoms with Gasteiger partial charge in [-0.1, -0.05) is 0 Å². The quantitative estimate of drug-likeness (QED) is 0.691. The van der Waals surface area contributed by atoms with Crippen molar-refractivity contribution < 1.29 is 23.8 Å². The number of methoxy groups -OCH3 is 3. The minimum atomic E-state index is -0.0927. The normalized spacial score (nSPS) is 19.5. The molecular formula is C19H28N2O5. The summed E-state index contributed by atoms with van der Waals surface area (Å²) in [5.41, 5.74) is 0.623. The molecule has 1 saturated carbocycles. The standard InChI is InChI=1S/C19H28N2O5/c1-24-11-10-20-18(22)13-4-6-14(7-5-13)19(23)21-16-9-8-15(25-2)12-17(16)26-3/h8-9,12-14H,4-7,10-11H2,1-3H3,(H,20,22)(H,21,23). The van der Waals surface area contributed by atoms with Gasteiger partial charge in [0, 0.05) is 31.6 Å². The van der Waals surface area contributed by atoms with E-state index in [0.29, 0.717) is 43.2 Å². The highest BCUT2D eigenvalue weighted by molar-refractivity contribution is 5.94. The van der Waals surface area contributed by atoms with Crippen molar-refractivity contribution in [3.63, 3.8) is 0 Å². The number of rotatable bonds is 8. The predicted octanol–water partition coefficient (Wildman–Crippen LogP) is 2.21. The molecule has 2 amide bonds. The third-order valence-electron chi connectivity index (χ3n) is 4.74. The smallest absolute Gasteiger partial charge is 0.227 e. The van der Waals surface area contributed by atoms with Crippen molar-refractivity contribution >= 4 is 17.5 Å². The first-order chi connectivity index (χ1) is 12.6. The molecule has 0 bridgehead atoms. The van der Waals surface area contributed by atoms with Crippen molar-refractivity contribution in [3.8, 4) is 11.5 Å². The maximum Gasteiger partial charge on any atom is 0.227 e. The molecule has 1 aromatic rings. The number of nitrogens with one attached hydrogen (secondary N) is 2. The average Bonchev–Trinajstić information content (AvgIpc) is 2.68. The van der Waals surface area contributed by atoms with E-state index < -0.39 is 0 Å². The van der Waals surface area contributed by atoms with Crippen LogP contribution in [0.15, 0.2) is 18.2 Å². The molecule has 7 heteroatoms. The monoisotopic (exact) mass is 364 g/mol. The zero-order chi connectivity index (χ0) is 18.9. The van der Waals surface area contributed by atoms with Crippen molar-refractivity contribution in [3.05, 3.63) is 18.2 Å². The molecule has 0 radical (unpaired) electrons. The minimum Gasteiger partial charge on any atom is -0.497 e. The number of benzene rings is 1. The van der Waals surface area contributed by atoms with Crippen molar-refractivity contribution in [2.75, 3.05) is 39.8 Å². The van der Waals surface area contributed by atoms with Gasteiger partial charge in [-0.2, -0.15) is 0 Å². The Kier molecular flexibility index (Phi) is 7.72. The topological polar surface area (TPSA) is 85.9 Å². The fourth-order valence-corrected chi connectivity index (χ4v) is 3.17. The first-order valence-electron chi connectivity index (χ1n) is 8.88. The highest BCUT2D eigenvalue weighted by Crippen LogP contribution is 2.32. The van der Waals surface area contributed by atoms with Crippen LogP contribution < -0.4 is 20.1 Å². The third-order valence-corrected chi connectivity index (χ3v) is 4.74. The van der Waals surface area contributed by atoms with E-state index in [1.165, 1.54) is 0 Å². The van der Waals surface area contributed by atoms with Gasteiger partial charge in [0.25, 0.3) is 0 Å². The van der Waals surface area contributed by atoms with Crippen LogP contribution in [0.2, 0.25) is 0 Å². The van der Waals surface area contributed by atoms with Gasteiger partial charge in [-0.15, -0.1) is 0 Å². The maximum absolute atomic E-state index is 12.6. The second kappa shape index (κ2) is 10.0. The van der Waals surface area contributed by atoms with Gasteiger partial charge < -0.3 is 24.8 Å². The molecule has 1 aromatic carbocycles. The SMILES string of the molecule is COCCNC(=O)C1CCC(C(=O)Nc2ccc(OC)cc2OC)CC1. The molecule has 0 heterocycles. The summed E-state index contributed by atoms with van der Waals surface area (Å²) in [6.07, 6.45) is 2.84. The van der Waals surface area contributed by atoms with Crippen LogP contribution in [-0.2, 0) is 14.3 Å². The number of carbonyl (C=O) groups is 2. The van der Waals surface area contributed by atoms with Crippen molar-refractivity contribution in [2.45, 2.75) is 25.7 Å². The van der Waals surface area contributed by atoms with Crippen LogP contribution >= 0.6 is 0 Å². The molecule has 7 nitrogen and oxygen atoms in total. The van der Waals surface area contributed by atoms with Crippen LogP contribution in [0.5, 0.6) is 11.5 Å². The van der Waals surface area contributed by atoms with E-state index in [9.17, 15) is 9.59 Å². The van der Waals surface area contributed by atoms with Crippen LogP contribution in [0.3, 0.4) is 0 Å². The molecule has 0 saturated heterocycles. The van der Waals surface area contributed by atoms with E-state index in [1.807, 2.05) is 0 Å². The van der Waals surface area contributed by atoms with Gasteiger partial charge in [0.2, 0.25) is 11.8 Å². The van der Waals surface area contributed by atoms with E-state index in [0.717, 1.165) is 12.8 Å². The van der Waals surface area contributed by atoms with Gasteiger partial charge in [-0.05, 0) is 37.8 Å². The first kappa shape index (κ1) is 20.0. The summed E-state index contributed by atoms with van der Waals surface area (Å²) in [6, 6.07) is 5.28. The van der Waals surface area contributed by atoms with Crippen LogP contribution in [0.25, 0.3) is 0 Å². The molecule has 2 rings (SSSR count). The molecule has 0 unspecified atom stereocenters. The number of amides is 2. The van der Waals surface area contributed by atoms with Crippen molar-refractivity contribution in [2.24, 2.45) is 11.8 Å². The number of ether oxygens (including phenoxy) is 3. The highest BCUT2D eigenvalue weighted by atomic mass is 16.5. The Hall–Kier alpha value is -2.28. The Bertz CT molecular complexity index is 612. The summed E-state index contributed by atoms with van der Waals surface area (Å²) in [5.74, 6) is 1.13. The van der Waals surface area contributed by atoms with E-state index in [-0.39, 0.29) is 23.7 Å². The molecule has 144 valence electrons. The minimum absolute atomic E-state index is 0.0218. The van der Waals surface area contributed by atoms with Crippen LogP contribution in [0, 0.1) is 11.8 Å². The maximum atomic E-state index is 12.6. The molecule has 2 N–H and O–H groups in total. The molecule has 0 atom stereocenters. The lowest BCUT2D eigenvalue weighted by molar-refractivity contribution is -0.128. The lowest BCUT2D eigenvalue weighted by Gasteiger charge is -2.27. The van der Waals surface area contributed by atoms with Gasteiger partial charge in [-0.25, -0.2) is 0 Å². The lowest BCUT2D eigenvalue weighted by atomic mass is 9.81. The first-order valence-corrected chi connectivity index (χ1v) is 8.88. The van der Waals surface area contributed by atoms with Crippen LogP contribution in [0.4, 0.5) is 5.69 Å². The van der Waals surface area contributed by atoms with Crippen molar-refractivity contribution in [1.82, 2.24) is 5.32 Å². The molecular weight excluding hydrogens is 336 g/mol. The number of carbonyl (C=O) groups excluding carboxylic acids is 2. The van der Waals surface area contributed by atoms with Crippen molar-refractivity contribution in [1.29, 1.82) is 0 Å². The van der Waals surface area contributed by atoms with E-state index in [1.54, 1.807) is 39.5 Å². The fraction of sp³-hybridized carbons (Fsp3) is 0.579. The Labute approximate surface area is 154 Å². The summed E-state index contributed by atoms with van der Waals surface area (Å²) >= 11 is 0. The van der Waals surface area contributed by atoms with Gasteiger partial charge in [0.05, 0.1) is 26.5 Å². The van der Waals surface area contributed by atoms with E-state index >= 15 is 0 Å². The Morgan fingerprint density at radius 2 is 1.65 bits per heavy atom. The van der Waals surface area contributed by atoms with Gasteiger partial charge >= 0.3 is 0 Å². The van der Waals surface area contributed by atoms with Gasteiger partial charge in [-0.3, -0.25) is 9.59 Å². The third kappa shape index (κ3) is 5.36. The van der Waals surface area contributed by atoms with Gasteiger partial charge in [0.15, 0.2) is 0 Å². The number of hydrogen-bond acceptors (Lipinski definition) is 5. The lowest BCUT2D eigenvalue weighted by Crippen LogP contribution is -2.36. The second-order valence-electron chi connectivity index (χ2n) is 6.39. The largest absolute Gasteiger partial charge is 0.497 e. The predicted molar refractivity (Wildman–Crippen MR) is 98.5 cm³/mol. The Morgan fingerprint density at radius 3 is 2.23 bits per heavy atom. The zero-order valence-electron chi connectivity index (χ0n) is 15.7. The molecule has 1 aliphatic carbocycles. The summed E-state index contributed by atoms with van der Waals surface area (Å²) < 4.78 is 15.4. The molecule has 0 aliphatic heterocycles. The Morgan fingerprint density at radius 1 is 1.00 bits per heavy atom. The zero-order valence-corrected chi connectivity index (χ0v) is 15.7. The van der Waals surface area contributed by atoms with Gasteiger partial charge in [0.1, 0.15) is 11.5 Å². The summed E-state index contributed by atoms with van der Waals surface area (Å²) in [4.78, 5) is 24.7. The summed E-state index contributed by atoms with van der Waals surface area (Å²) in [7, 11) is 4.74. The summed E-state index contributed by atoms with van der Waals surface area (Å²) in [5, 5.41) is 5.80. The highest BCUT2D eigenvalue weighted by Gasteiger charge is 2.30. The van der Waals surface area contributed by atoms with E-state index in [4.69, 9.17) is 14.2 Å². The van der Waals surface area contributed by atoms with Crippen LogP contribution in [-0.4, -0.2) is 46.3 Å². The molecule has 1 aliphatic rings.